The van der Waals surface area contributed by atoms with Gasteiger partial charge in [-0.1, -0.05) is 18.2 Å². The van der Waals surface area contributed by atoms with Crippen LogP contribution in [-0.2, 0) is 14.8 Å². The lowest BCUT2D eigenvalue weighted by atomic mass is 10.2. The molecule has 2 aromatic carbocycles. The van der Waals surface area contributed by atoms with Crippen molar-refractivity contribution in [3.05, 3.63) is 82.8 Å². The van der Waals surface area contributed by atoms with Crippen molar-refractivity contribution in [2.75, 3.05) is 10.0 Å². The van der Waals surface area contributed by atoms with E-state index in [9.17, 15) is 17.6 Å². The first-order valence-corrected chi connectivity index (χ1v) is 10.2. The van der Waals surface area contributed by atoms with Crippen LogP contribution in [0.3, 0.4) is 0 Å². The van der Waals surface area contributed by atoms with E-state index in [1.807, 2.05) is 17.5 Å². The second-order valence-electron chi connectivity index (χ2n) is 5.44. The molecule has 1 heterocycles. The van der Waals surface area contributed by atoms with Crippen molar-refractivity contribution in [2.24, 2.45) is 0 Å². The normalized spacial score (nSPS) is 11.4. The van der Waals surface area contributed by atoms with Crippen molar-refractivity contribution in [2.45, 2.75) is 4.90 Å². The van der Waals surface area contributed by atoms with E-state index in [1.54, 1.807) is 24.3 Å². The number of anilines is 2. The Morgan fingerprint density at radius 3 is 2.33 bits per heavy atom. The Hall–Kier alpha value is -2.97. The molecule has 0 radical (unpaired) electrons. The van der Waals surface area contributed by atoms with E-state index in [2.05, 4.69) is 10.0 Å². The maximum atomic E-state index is 13.0. The Morgan fingerprint density at radius 1 is 0.963 bits per heavy atom. The number of halogens is 1. The van der Waals surface area contributed by atoms with Gasteiger partial charge in [-0.3, -0.25) is 9.52 Å². The van der Waals surface area contributed by atoms with Crippen LogP contribution in [0.1, 0.15) is 4.88 Å². The number of para-hydroxylation sites is 2. The van der Waals surface area contributed by atoms with E-state index in [-0.39, 0.29) is 10.6 Å². The summed E-state index contributed by atoms with van der Waals surface area (Å²) in [4.78, 5) is 13.0. The zero-order valence-corrected chi connectivity index (χ0v) is 15.6. The average molecular weight is 402 g/mol. The van der Waals surface area contributed by atoms with Gasteiger partial charge in [-0.25, -0.2) is 12.8 Å². The Morgan fingerprint density at radius 2 is 1.67 bits per heavy atom. The van der Waals surface area contributed by atoms with Gasteiger partial charge in [0.05, 0.1) is 16.3 Å². The van der Waals surface area contributed by atoms with Crippen molar-refractivity contribution in [3.63, 3.8) is 0 Å². The summed E-state index contributed by atoms with van der Waals surface area (Å²) < 4.78 is 40.4. The quantitative estimate of drug-likeness (QED) is 0.602. The molecule has 0 saturated carbocycles. The number of carbonyl (C=O) groups is 1. The van der Waals surface area contributed by atoms with Crippen molar-refractivity contribution in [1.29, 1.82) is 0 Å². The van der Waals surface area contributed by atoms with Gasteiger partial charge in [-0.05, 0) is 53.9 Å². The molecule has 2 N–H and O–H groups in total. The molecule has 0 aliphatic heterocycles. The van der Waals surface area contributed by atoms with Crippen LogP contribution in [0.2, 0.25) is 0 Å². The average Bonchev–Trinajstić information content (AvgIpc) is 3.15. The lowest BCUT2D eigenvalue weighted by Gasteiger charge is -2.12. The summed E-state index contributed by atoms with van der Waals surface area (Å²) in [6, 6.07) is 14.6. The molecule has 0 spiro atoms. The van der Waals surface area contributed by atoms with Gasteiger partial charge in [0.15, 0.2) is 0 Å². The highest BCUT2D eigenvalue weighted by Crippen LogP contribution is 2.24. The minimum atomic E-state index is -3.92. The summed E-state index contributed by atoms with van der Waals surface area (Å²) in [7, 11) is -3.92. The van der Waals surface area contributed by atoms with Crippen molar-refractivity contribution >= 4 is 44.7 Å². The summed E-state index contributed by atoms with van der Waals surface area (Å²) in [5, 5.41) is 4.55. The molecule has 0 aliphatic carbocycles. The molecule has 0 fully saturated rings. The molecule has 5 nitrogen and oxygen atoms in total. The zero-order chi connectivity index (χ0) is 19.3. The lowest BCUT2D eigenvalue weighted by molar-refractivity contribution is -0.111. The third-order valence-electron chi connectivity index (χ3n) is 3.50. The second-order valence-corrected chi connectivity index (χ2v) is 8.10. The van der Waals surface area contributed by atoms with Crippen molar-refractivity contribution < 1.29 is 17.6 Å². The van der Waals surface area contributed by atoms with Crippen LogP contribution in [0.4, 0.5) is 15.8 Å². The van der Waals surface area contributed by atoms with Crippen LogP contribution in [0.15, 0.2) is 77.0 Å². The molecule has 3 rings (SSSR count). The van der Waals surface area contributed by atoms with E-state index < -0.39 is 21.7 Å². The van der Waals surface area contributed by atoms with E-state index >= 15 is 0 Å². The maximum absolute atomic E-state index is 13.0. The minimum Gasteiger partial charge on any atom is -0.321 e. The molecule has 0 atom stereocenters. The number of hydrogen-bond acceptors (Lipinski definition) is 4. The molecule has 27 heavy (non-hydrogen) atoms. The highest BCUT2D eigenvalue weighted by molar-refractivity contribution is 7.92. The number of nitrogens with one attached hydrogen (secondary N) is 2. The molecule has 1 amide bonds. The lowest BCUT2D eigenvalue weighted by Crippen LogP contribution is -2.16. The van der Waals surface area contributed by atoms with Crippen LogP contribution >= 0.6 is 11.3 Å². The predicted molar refractivity (Wildman–Crippen MR) is 106 cm³/mol. The fraction of sp³-hybridized carbons (Fsp3) is 0. The van der Waals surface area contributed by atoms with Gasteiger partial charge < -0.3 is 5.32 Å². The molecule has 0 aliphatic rings. The number of benzene rings is 2. The number of sulfonamides is 1. The molecule has 1 aromatic heterocycles. The minimum absolute atomic E-state index is 0.0809. The number of thiophene rings is 1. The van der Waals surface area contributed by atoms with Gasteiger partial charge in [-0.2, -0.15) is 0 Å². The fourth-order valence-electron chi connectivity index (χ4n) is 2.22. The predicted octanol–water partition coefficient (Wildman–Crippen LogP) is 4.34. The Labute approximate surface area is 160 Å². The molecule has 3 aromatic rings. The standard InChI is InChI=1S/C19H15FN2O3S2/c20-14-7-10-16(11-8-14)27(24,25)22-18-6-2-1-5-17(18)21-19(23)12-9-15-4-3-13-26-15/h1-13,22H,(H,21,23)/b12-9+. The first kappa shape index (κ1) is 18.8. The van der Waals surface area contributed by atoms with Gasteiger partial charge in [0.2, 0.25) is 5.91 Å². The Kier molecular flexibility index (Phi) is 5.68. The van der Waals surface area contributed by atoms with Gasteiger partial charge >= 0.3 is 0 Å². The summed E-state index contributed by atoms with van der Waals surface area (Å²) >= 11 is 1.50. The molecular formula is C19H15FN2O3S2. The number of amides is 1. The molecule has 138 valence electrons. The van der Waals surface area contributed by atoms with E-state index in [0.29, 0.717) is 5.69 Å². The number of hydrogen-bond donors (Lipinski definition) is 2. The van der Waals surface area contributed by atoms with Gasteiger partial charge in [0.25, 0.3) is 10.0 Å². The molecular weight excluding hydrogens is 387 g/mol. The van der Waals surface area contributed by atoms with Crippen LogP contribution in [0.25, 0.3) is 6.08 Å². The van der Waals surface area contributed by atoms with Gasteiger partial charge in [0.1, 0.15) is 5.82 Å². The fourth-order valence-corrected chi connectivity index (χ4v) is 3.91. The first-order chi connectivity index (χ1) is 12.9. The Bertz CT molecular complexity index is 1060. The summed E-state index contributed by atoms with van der Waals surface area (Å²) in [5.41, 5.74) is 0.517. The first-order valence-electron chi connectivity index (χ1n) is 7.84. The van der Waals surface area contributed by atoms with Crippen LogP contribution in [0.5, 0.6) is 0 Å². The maximum Gasteiger partial charge on any atom is 0.261 e. The van der Waals surface area contributed by atoms with E-state index in [1.165, 1.54) is 35.6 Å². The monoisotopic (exact) mass is 402 g/mol. The largest absolute Gasteiger partial charge is 0.321 e. The molecule has 0 unspecified atom stereocenters. The summed E-state index contributed by atoms with van der Waals surface area (Å²) in [5.74, 6) is -0.920. The second kappa shape index (κ2) is 8.15. The van der Waals surface area contributed by atoms with Gasteiger partial charge in [-0.15, -0.1) is 11.3 Å². The van der Waals surface area contributed by atoms with Crippen LogP contribution in [-0.4, -0.2) is 14.3 Å². The number of rotatable bonds is 6. The van der Waals surface area contributed by atoms with Crippen molar-refractivity contribution in [1.82, 2.24) is 0 Å². The van der Waals surface area contributed by atoms with Gasteiger partial charge in [0, 0.05) is 11.0 Å². The molecule has 8 heteroatoms. The third kappa shape index (κ3) is 5.02. The van der Waals surface area contributed by atoms with Crippen LogP contribution in [0, 0.1) is 5.82 Å². The summed E-state index contributed by atoms with van der Waals surface area (Å²) in [6.07, 6.45) is 3.04. The molecule has 0 saturated heterocycles. The van der Waals surface area contributed by atoms with E-state index in [4.69, 9.17) is 0 Å². The van der Waals surface area contributed by atoms with E-state index in [0.717, 1.165) is 17.0 Å². The third-order valence-corrected chi connectivity index (χ3v) is 5.71. The van der Waals surface area contributed by atoms with Crippen LogP contribution < -0.4 is 10.0 Å². The number of carbonyl (C=O) groups excluding carboxylic acids is 1. The zero-order valence-electron chi connectivity index (χ0n) is 13.9. The smallest absolute Gasteiger partial charge is 0.261 e. The molecule has 0 bridgehead atoms. The highest BCUT2D eigenvalue weighted by atomic mass is 32.2. The Balaban J connectivity index is 1.77. The SMILES string of the molecule is O=C(/C=C/c1cccs1)Nc1ccccc1NS(=O)(=O)c1ccc(F)cc1. The summed E-state index contributed by atoms with van der Waals surface area (Å²) in [6.45, 7) is 0. The topological polar surface area (TPSA) is 75.3 Å². The highest BCUT2D eigenvalue weighted by Gasteiger charge is 2.16. The van der Waals surface area contributed by atoms with Crippen molar-refractivity contribution in [3.8, 4) is 0 Å².